The van der Waals surface area contributed by atoms with Crippen molar-refractivity contribution in [1.29, 1.82) is 0 Å². The predicted molar refractivity (Wildman–Crippen MR) is 117 cm³/mol. The van der Waals surface area contributed by atoms with Crippen LogP contribution in [0.4, 0.5) is 5.69 Å². The first-order valence-corrected chi connectivity index (χ1v) is 10.5. The van der Waals surface area contributed by atoms with Crippen molar-refractivity contribution < 1.29 is 23.7 Å². The zero-order valence-corrected chi connectivity index (χ0v) is 18.7. The lowest BCUT2D eigenvalue weighted by Gasteiger charge is -2.29. The summed E-state index contributed by atoms with van der Waals surface area (Å²) in [5.41, 5.74) is 2.66. The number of nitro benzene ring substituents is 1. The van der Waals surface area contributed by atoms with Gasteiger partial charge in [-0.2, -0.15) is 4.98 Å². The van der Waals surface area contributed by atoms with Gasteiger partial charge in [0.05, 0.1) is 43.3 Å². The van der Waals surface area contributed by atoms with Gasteiger partial charge in [-0.1, -0.05) is 17.3 Å². The molecule has 11 nitrogen and oxygen atoms in total. The molecular formula is C22H25N5O6. The van der Waals surface area contributed by atoms with Gasteiger partial charge in [0, 0.05) is 42.2 Å². The minimum atomic E-state index is -0.685. The molecule has 33 heavy (non-hydrogen) atoms. The molecule has 11 heteroatoms. The molecular weight excluding hydrogens is 430 g/mol. The highest BCUT2D eigenvalue weighted by Gasteiger charge is 2.37. The van der Waals surface area contributed by atoms with Gasteiger partial charge in [0.15, 0.2) is 5.82 Å². The number of allylic oxidation sites excluding steroid dienone is 3. The first-order valence-electron chi connectivity index (χ1n) is 10.5. The van der Waals surface area contributed by atoms with Gasteiger partial charge < -0.3 is 19.3 Å². The molecule has 1 aromatic heterocycles. The molecule has 1 fully saturated rings. The van der Waals surface area contributed by atoms with E-state index in [1.807, 2.05) is 6.92 Å². The maximum Gasteiger partial charge on any atom is 0.336 e. The highest BCUT2D eigenvalue weighted by molar-refractivity contribution is 5.96. The molecule has 0 unspecified atom stereocenters. The zero-order valence-electron chi connectivity index (χ0n) is 18.7. The van der Waals surface area contributed by atoms with E-state index in [4.69, 9.17) is 14.0 Å². The number of morpholine rings is 1. The normalized spacial score (nSPS) is 19.4. The van der Waals surface area contributed by atoms with Crippen molar-refractivity contribution >= 4 is 17.2 Å². The van der Waals surface area contributed by atoms with Gasteiger partial charge in [0.2, 0.25) is 0 Å². The maximum atomic E-state index is 12.8. The van der Waals surface area contributed by atoms with Crippen LogP contribution in [-0.2, 0) is 20.8 Å². The van der Waals surface area contributed by atoms with Crippen molar-refractivity contribution in [2.24, 2.45) is 0 Å². The highest BCUT2D eigenvalue weighted by atomic mass is 16.6. The highest BCUT2D eigenvalue weighted by Crippen LogP contribution is 2.43. The molecule has 0 spiro atoms. The number of non-ortho nitro benzene ring substituents is 1. The molecule has 4 rings (SSSR count). The van der Waals surface area contributed by atoms with E-state index in [0.29, 0.717) is 53.7 Å². The summed E-state index contributed by atoms with van der Waals surface area (Å²) in [5, 5.41) is 18.7. The smallest absolute Gasteiger partial charge is 0.336 e. The molecule has 2 aromatic rings. The molecule has 1 saturated heterocycles. The number of hydrogen-bond donors (Lipinski definition) is 1. The Morgan fingerprint density at radius 2 is 2.06 bits per heavy atom. The molecule has 0 amide bonds. The molecule has 0 radical (unpaired) electrons. The maximum absolute atomic E-state index is 12.8. The summed E-state index contributed by atoms with van der Waals surface area (Å²) < 4.78 is 16.0. The summed E-state index contributed by atoms with van der Waals surface area (Å²) in [4.78, 5) is 30.5. The first kappa shape index (κ1) is 22.6. The number of carbonyl (C=O) groups is 1. The van der Waals surface area contributed by atoms with E-state index in [1.165, 1.54) is 19.2 Å². The van der Waals surface area contributed by atoms with E-state index in [9.17, 15) is 14.9 Å². The second-order valence-corrected chi connectivity index (χ2v) is 7.88. The van der Waals surface area contributed by atoms with Crippen LogP contribution in [0.2, 0.25) is 0 Å². The molecule has 2 aliphatic rings. The Balaban J connectivity index is 1.76. The number of ether oxygens (including phenoxy) is 2. The lowest BCUT2D eigenvalue weighted by Crippen LogP contribution is -2.35. The topological polar surface area (TPSA) is 133 Å². The number of esters is 1. The van der Waals surface area contributed by atoms with Gasteiger partial charge in [-0.3, -0.25) is 15.0 Å². The fraction of sp³-hybridized carbons (Fsp3) is 0.409. The number of nitrogens with zero attached hydrogens (tertiary/aromatic N) is 4. The summed E-state index contributed by atoms with van der Waals surface area (Å²) in [7, 11) is 1.30. The molecule has 3 heterocycles. The van der Waals surface area contributed by atoms with Crippen LogP contribution < -0.4 is 5.32 Å². The molecule has 1 aromatic carbocycles. The lowest BCUT2D eigenvalue weighted by atomic mass is 9.80. The molecule has 0 bridgehead atoms. The molecule has 0 saturated carbocycles. The number of hydrogen-bond acceptors (Lipinski definition) is 10. The van der Waals surface area contributed by atoms with Crippen LogP contribution in [0.25, 0.3) is 5.57 Å². The van der Waals surface area contributed by atoms with Crippen LogP contribution in [0.3, 0.4) is 0 Å². The Hall–Kier alpha value is -3.57. The zero-order chi connectivity index (χ0) is 23.5. The van der Waals surface area contributed by atoms with E-state index < -0.39 is 16.8 Å². The number of rotatable bonds is 6. The van der Waals surface area contributed by atoms with Crippen molar-refractivity contribution in [3.63, 3.8) is 0 Å². The van der Waals surface area contributed by atoms with Crippen molar-refractivity contribution in [3.8, 4) is 0 Å². The molecule has 174 valence electrons. The van der Waals surface area contributed by atoms with Gasteiger partial charge in [-0.25, -0.2) is 4.79 Å². The molecule has 2 aliphatic heterocycles. The second kappa shape index (κ2) is 9.51. The van der Waals surface area contributed by atoms with Gasteiger partial charge in [-0.15, -0.1) is 0 Å². The van der Waals surface area contributed by atoms with Crippen molar-refractivity contribution in [2.45, 2.75) is 26.3 Å². The largest absolute Gasteiger partial charge is 0.466 e. The van der Waals surface area contributed by atoms with Gasteiger partial charge in [0.1, 0.15) is 0 Å². The molecule has 1 atom stereocenters. The second-order valence-electron chi connectivity index (χ2n) is 7.88. The average molecular weight is 455 g/mol. The number of nitrogens with one attached hydrogen (secondary N) is 1. The van der Waals surface area contributed by atoms with Crippen LogP contribution in [-0.4, -0.2) is 59.3 Å². The summed E-state index contributed by atoms with van der Waals surface area (Å²) in [5.74, 6) is -0.477. The van der Waals surface area contributed by atoms with Gasteiger partial charge in [0.25, 0.3) is 11.6 Å². The Bertz CT molecular complexity index is 1130. The van der Waals surface area contributed by atoms with E-state index in [2.05, 4.69) is 20.4 Å². The SMILES string of the molecule is COC(=O)C1=C(C)NC(C)=C(c2nc(CN3CCOCC3)no2)[C@@H]1c1cccc([N+](=O)[O-])c1. The Labute approximate surface area is 190 Å². The predicted octanol–water partition coefficient (Wildman–Crippen LogP) is 2.38. The third kappa shape index (κ3) is 4.64. The standard InChI is InChI=1S/C22H25N5O6/c1-13-18(21-24-17(25-33-21)12-26-7-9-32-10-8-26)20(19(14(2)23-13)22(28)31-3)15-5-4-6-16(11-15)27(29)30/h4-6,11,20,23H,7-10,12H2,1-3H3/t20-/m0/s1. The number of nitro groups is 1. The van der Waals surface area contributed by atoms with Crippen molar-refractivity contribution in [1.82, 2.24) is 20.4 Å². The minimum absolute atomic E-state index is 0.0801. The van der Waals surface area contributed by atoms with E-state index in [0.717, 1.165) is 13.1 Å². The number of dihydropyridines is 1. The van der Waals surface area contributed by atoms with Crippen LogP contribution in [0, 0.1) is 10.1 Å². The summed E-state index contributed by atoms with van der Waals surface area (Å²) in [6.45, 7) is 6.96. The van der Waals surface area contributed by atoms with E-state index >= 15 is 0 Å². The number of carbonyl (C=O) groups excluding carboxylic acids is 1. The monoisotopic (exact) mass is 455 g/mol. The van der Waals surface area contributed by atoms with Crippen LogP contribution >= 0.6 is 0 Å². The fourth-order valence-electron chi connectivity index (χ4n) is 4.20. The third-order valence-electron chi connectivity index (χ3n) is 5.75. The van der Waals surface area contributed by atoms with Crippen LogP contribution in [0.1, 0.15) is 37.0 Å². The van der Waals surface area contributed by atoms with Crippen molar-refractivity contribution in [3.05, 3.63) is 68.6 Å². The van der Waals surface area contributed by atoms with Gasteiger partial charge in [-0.05, 0) is 19.4 Å². The summed E-state index contributed by atoms with van der Waals surface area (Å²) in [6, 6.07) is 6.18. The Kier molecular flexibility index (Phi) is 6.52. The number of benzene rings is 1. The van der Waals surface area contributed by atoms with Crippen LogP contribution in [0.15, 0.2) is 45.8 Å². The van der Waals surface area contributed by atoms with Crippen molar-refractivity contribution in [2.75, 3.05) is 33.4 Å². The summed E-state index contributed by atoms with van der Waals surface area (Å²) in [6.07, 6.45) is 0. The Morgan fingerprint density at radius 3 is 2.76 bits per heavy atom. The van der Waals surface area contributed by atoms with E-state index in [-0.39, 0.29) is 11.6 Å². The van der Waals surface area contributed by atoms with E-state index in [1.54, 1.807) is 19.1 Å². The Morgan fingerprint density at radius 1 is 1.30 bits per heavy atom. The van der Waals surface area contributed by atoms with Gasteiger partial charge >= 0.3 is 5.97 Å². The lowest BCUT2D eigenvalue weighted by molar-refractivity contribution is -0.384. The quantitative estimate of drug-likeness (QED) is 0.393. The summed E-state index contributed by atoms with van der Waals surface area (Å²) >= 11 is 0. The minimum Gasteiger partial charge on any atom is -0.466 e. The molecule has 1 N–H and O–H groups in total. The van der Waals surface area contributed by atoms with Crippen LogP contribution in [0.5, 0.6) is 0 Å². The number of aromatic nitrogens is 2. The fourth-order valence-corrected chi connectivity index (χ4v) is 4.20. The third-order valence-corrected chi connectivity index (χ3v) is 5.75. The average Bonchev–Trinajstić information content (AvgIpc) is 3.26. The molecule has 0 aliphatic carbocycles. The number of methoxy groups -OCH3 is 1. The first-order chi connectivity index (χ1) is 15.9.